The molecule has 27 heavy (non-hydrogen) atoms. The fourth-order valence-corrected chi connectivity index (χ4v) is 2.41. The smallest absolute Gasteiger partial charge is 0.387 e. The van der Waals surface area contributed by atoms with Gasteiger partial charge in [-0.25, -0.2) is 0 Å². The van der Waals surface area contributed by atoms with Crippen LogP contribution in [0, 0.1) is 6.92 Å². The second kappa shape index (κ2) is 9.23. The molecule has 0 aromatic heterocycles. The van der Waals surface area contributed by atoms with Crippen LogP contribution in [-0.4, -0.2) is 26.7 Å². The van der Waals surface area contributed by atoms with Gasteiger partial charge in [-0.05, 0) is 42.3 Å². The van der Waals surface area contributed by atoms with Crippen molar-refractivity contribution in [2.45, 2.75) is 13.5 Å². The molecule has 144 valence electrons. The van der Waals surface area contributed by atoms with Crippen LogP contribution in [-0.2, 0) is 4.79 Å². The molecule has 0 aliphatic heterocycles. The number of hydrogen-bond acceptors (Lipinski definition) is 4. The van der Waals surface area contributed by atoms with Gasteiger partial charge in [-0.1, -0.05) is 17.7 Å². The van der Waals surface area contributed by atoms with E-state index < -0.39 is 12.5 Å². The highest BCUT2D eigenvalue weighted by Gasteiger charge is 2.11. The van der Waals surface area contributed by atoms with Crippen molar-refractivity contribution in [3.05, 3.63) is 52.6 Å². The molecule has 8 heteroatoms. The molecule has 2 aromatic carbocycles. The van der Waals surface area contributed by atoms with E-state index in [1.54, 1.807) is 12.1 Å². The molecule has 0 radical (unpaired) electrons. The Morgan fingerprint density at radius 1 is 1.11 bits per heavy atom. The average Bonchev–Trinajstić information content (AvgIpc) is 2.63. The van der Waals surface area contributed by atoms with Gasteiger partial charge in [-0.15, -0.1) is 0 Å². The van der Waals surface area contributed by atoms with Crippen LogP contribution < -0.4 is 19.5 Å². The van der Waals surface area contributed by atoms with Crippen LogP contribution in [0.1, 0.15) is 11.1 Å². The van der Waals surface area contributed by atoms with Crippen molar-refractivity contribution >= 4 is 29.3 Å². The van der Waals surface area contributed by atoms with Crippen molar-refractivity contribution in [1.82, 2.24) is 0 Å². The van der Waals surface area contributed by atoms with Crippen molar-refractivity contribution in [3.8, 4) is 17.2 Å². The summed E-state index contributed by atoms with van der Waals surface area (Å²) in [5.74, 6) is 0.0766. The first kappa shape index (κ1) is 20.5. The molecule has 1 amide bonds. The lowest BCUT2D eigenvalue weighted by Gasteiger charge is -2.11. The van der Waals surface area contributed by atoms with Crippen molar-refractivity contribution in [2.24, 2.45) is 0 Å². The maximum atomic E-state index is 12.4. The molecule has 0 saturated heterocycles. The number of carbonyl (C=O) groups excluding carboxylic acids is 1. The molecule has 0 aliphatic rings. The number of benzene rings is 2. The van der Waals surface area contributed by atoms with Gasteiger partial charge in [0.25, 0.3) is 0 Å². The van der Waals surface area contributed by atoms with Gasteiger partial charge in [0.1, 0.15) is 5.75 Å². The molecule has 0 fully saturated rings. The first-order valence-corrected chi connectivity index (χ1v) is 8.18. The molecule has 5 nitrogen and oxygen atoms in total. The number of halogens is 3. The van der Waals surface area contributed by atoms with Gasteiger partial charge < -0.3 is 19.5 Å². The van der Waals surface area contributed by atoms with Crippen LogP contribution in [0.4, 0.5) is 14.5 Å². The van der Waals surface area contributed by atoms with E-state index in [-0.39, 0.29) is 11.5 Å². The third-order valence-corrected chi connectivity index (χ3v) is 3.98. The lowest BCUT2D eigenvalue weighted by molar-refractivity contribution is -0.111. The number of nitrogens with one attached hydrogen (secondary N) is 1. The van der Waals surface area contributed by atoms with Crippen LogP contribution >= 0.6 is 11.6 Å². The minimum Gasteiger partial charge on any atom is -0.495 e. The zero-order chi connectivity index (χ0) is 20.0. The molecule has 0 bridgehead atoms. The number of hydrogen-bond donors (Lipinski definition) is 1. The lowest BCUT2D eigenvalue weighted by Crippen LogP contribution is -2.09. The van der Waals surface area contributed by atoms with Gasteiger partial charge in [0, 0.05) is 17.2 Å². The molecule has 2 aromatic rings. The average molecular weight is 398 g/mol. The van der Waals surface area contributed by atoms with Crippen molar-refractivity contribution in [1.29, 1.82) is 0 Å². The van der Waals surface area contributed by atoms with Crippen molar-refractivity contribution in [3.63, 3.8) is 0 Å². The zero-order valence-corrected chi connectivity index (χ0v) is 15.6. The van der Waals surface area contributed by atoms with Crippen molar-refractivity contribution < 1.29 is 27.8 Å². The maximum absolute atomic E-state index is 12.4. The summed E-state index contributed by atoms with van der Waals surface area (Å²) in [6.45, 7) is -1.15. The third-order valence-electron chi connectivity index (χ3n) is 3.57. The fourth-order valence-electron chi connectivity index (χ4n) is 2.26. The number of anilines is 1. The second-order valence-electron chi connectivity index (χ2n) is 5.41. The summed E-state index contributed by atoms with van der Waals surface area (Å²) in [6.07, 6.45) is 2.81. The number of rotatable bonds is 7. The van der Waals surface area contributed by atoms with Gasteiger partial charge in [-0.2, -0.15) is 8.78 Å². The summed E-state index contributed by atoms with van der Waals surface area (Å²) in [7, 11) is 2.81. The minimum atomic E-state index is -2.95. The molecule has 2 rings (SSSR count). The Balaban J connectivity index is 2.14. The summed E-state index contributed by atoms with van der Waals surface area (Å²) in [5, 5.41) is 3.23. The van der Waals surface area contributed by atoms with Crippen LogP contribution in [0.15, 0.2) is 36.4 Å². The summed E-state index contributed by atoms with van der Waals surface area (Å²) in [5.41, 5.74) is 1.84. The molecule has 0 atom stereocenters. The highest BCUT2D eigenvalue weighted by Crippen LogP contribution is 2.31. The number of methoxy groups -OCH3 is 2. The van der Waals surface area contributed by atoms with Crippen LogP contribution in [0.3, 0.4) is 0 Å². The van der Waals surface area contributed by atoms with E-state index in [0.29, 0.717) is 22.0 Å². The Morgan fingerprint density at radius 2 is 1.81 bits per heavy atom. The summed E-state index contributed by atoms with van der Waals surface area (Å²) in [4.78, 5) is 12.2. The monoisotopic (exact) mass is 397 g/mol. The third kappa shape index (κ3) is 5.59. The molecule has 0 aliphatic carbocycles. The second-order valence-corrected chi connectivity index (χ2v) is 5.82. The van der Waals surface area contributed by atoms with E-state index in [4.69, 9.17) is 21.1 Å². The van der Waals surface area contributed by atoms with E-state index in [0.717, 1.165) is 5.56 Å². The Morgan fingerprint density at radius 3 is 2.44 bits per heavy atom. The molecule has 0 saturated carbocycles. The van der Waals surface area contributed by atoms with Crippen LogP contribution in [0.5, 0.6) is 17.2 Å². The van der Waals surface area contributed by atoms with E-state index in [2.05, 4.69) is 10.1 Å². The molecule has 0 spiro atoms. The van der Waals surface area contributed by atoms with Gasteiger partial charge in [0.15, 0.2) is 11.5 Å². The number of ether oxygens (including phenoxy) is 3. The van der Waals surface area contributed by atoms with Gasteiger partial charge >= 0.3 is 6.61 Å². The van der Waals surface area contributed by atoms with Gasteiger partial charge in [0.2, 0.25) is 5.91 Å². The normalized spacial score (nSPS) is 10.9. The topological polar surface area (TPSA) is 56.8 Å². The number of carbonyl (C=O) groups is 1. The van der Waals surface area contributed by atoms with E-state index in [1.807, 2.05) is 6.92 Å². The molecule has 0 unspecified atom stereocenters. The highest BCUT2D eigenvalue weighted by atomic mass is 35.5. The number of aryl methyl sites for hydroxylation is 1. The standard InChI is InChI=1S/C19H18ClF2NO4/c1-11-8-14(16(25-2)10-13(11)20)23-18(24)7-5-12-4-6-15(27-19(21)22)17(9-12)26-3/h4-10,19H,1-3H3,(H,23,24). The zero-order valence-electron chi connectivity index (χ0n) is 14.9. The highest BCUT2D eigenvalue weighted by molar-refractivity contribution is 6.31. The Kier molecular flexibility index (Phi) is 7.01. The summed E-state index contributed by atoms with van der Waals surface area (Å²) >= 11 is 6.04. The van der Waals surface area contributed by atoms with Gasteiger partial charge in [-0.3, -0.25) is 4.79 Å². The Hall–Kier alpha value is -2.80. The molecule has 1 N–H and O–H groups in total. The van der Waals surface area contributed by atoms with Gasteiger partial charge in [0.05, 0.1) is 19.9 Å². The SMILES string of the molecule is COc1cc(Cl)c(C)cc1NC(=O)C=Cc1ccc(OC(F)F)c(OC)c1. The van der Waals surface area contributed by atoms with Crippen LogP contribution in [0.25, 0.3) is 6.08 Å². The maximum Gasteiger partial charge on any atom is 0.387 e. The first-order valence-electron chi connectivity index (χ1n) is 7.80. The molecular formula is C19H18ClF2NO4. The predicted molar refractivity (Wildman–Crippen MR) is 100 cm³/mol. The molecular weight excluding hydrogens is 380 g/mol. The quantitative estimate of drug-likeness (QED) is 0.674. The largest absolute Gasteiger partial charge is 0.495 e. The van der Waals surface area contributed by atoms with E-state index >= 15 is 0 Å². The van der Waals surface area contributed by atoms with E-state index in [9.17, 15) is 13.6 Å². The van der Waals surface area contributed by atoms with E-state index in [1.165, 1.54) is 44.6 Å². The summed E-state index contributed by atoms with van der Waals surface area (Å²) in [6, 6.07) is 7.66. The molecule has 0 heterocycles. The predicted octanol–water partition coefficient (Wildman–Crippen LogP) is 4.92. The number of alkyl halides is 2. The first-order chi connectivity index (χ1) is 12.8. The van der Waals surface area contributed by atoms with Crippen LogP contribution in [0.2, 0.25) is 5.02 Å². The minimum absolute atomic E-state index is 0.0875. The summed E-state index contributed by atoms with van der Waals surface area (Å²) < 4.78 is 39.3. The number of amides is 1. The lowest BCUT2D eigenvalue weighted by atomic mass is 10.1. The van der Waals surface area contributed by atoms with Crippen molar-refractivity contribution in [2.75, 3.05) is 19.5 Å². The Labute approximate surface area is 160 Å². The Bertz CT molecular complexity index is 856. The fraction of sp³-hybridized carbons (Fsp3) is 0.211.